The number of nitrogens with zero attached hydrogens (tertiary/aromatic N) is 1. The molecule has 2 aromatic rings. The van der Waals surface area contributed by atoms with Crippen molar-refractivity contribution in [3.05, 3.63) is 52.7 Å². The van der Waals surface area contributed by atoms with Crippen molar-refractivity contribution in [3.8, 4) is 11.6 Å². The topological polar surface area (TPSA) is 42.4 Å². The highest BCUT2D eigenvalue weighted by atomic mass is 16.5. The van der Waals surface area contributed by atoms with E-state index in [2.05, 4.69) is 18.0 Å². The molecule has 1 aromatic carbocycles. The molecule has 0 radical (unpaired) electrons. The molecule has 0 fully saturated rings. The van der Waals surface area contributed by atoms with Crippen molar-refractivity contribution >= 4 is 0 Å². The van der Waals surface area contributed by atoms with Gasteiger partial charge in [-0.2, -0.15) is 0 Å². The number of hydrogen-bond acceptors (Lipinski definition) is 3. The quantitative estimate of drug-likeness (QED) is 0.899. The van der Waals surface area contributed by atoms with Crippen LogP contribution in [0.3, 0.4) is 0 Å². The minimum Gasteiger partial charge on any atom is -0.438 e. The summed E-state index contributed by atoms with van der Waals surface area (Å²) in [6.07, 6.45) is 1.64. The first-order valence-electron chi connectivity index (χ1n) is 5.92. The molecule has 0 saturated heterocycles. The minimum absolute atomic E-state index is 0.00926. The molecule has 94 valence electrons. The van der Waals surface area contributed by atoms with Gasteiger partial charge >= 0.3 is 0 Å². The van der Waals surface area contributed by atoms with Crippen molar-refractivity contribution in [2.24, 2.45) is 0 Å². The summed E-state index contributed by atoms with van der Waals surface area (Å²) in [7, 11) is 0. The van der Waals surface area contributed by atoms with Crippen molar-refractivity contribution in [1.82, 2.24) is 4.98 Å². The van der Waals surface area contributed by atoms with E-state index in [0.29, 0.717) is 5.88 Å². The number of ether oxygens (including phenoxy) is 1. The van der Waals surface area contributed by atoms with Crippen LogP contribution in [0.25, 0.3) is 0 Å². The molecule has 18 heavy (non-hydrogen) atoms. The predicted molar refractivity (Wildman–Crippen MR) is 70.9 cm³/mol. The average molecular weight is 243 g/mol. The summed E-state index contributed by atoms with van der Waals surface area (Å²) in [5.74, 6) is 1.36. The maximum absolute atomic E-state index is 9.10. The number of benzene rings is 1. The Morgan fingerprint density at radius 1 is 1.11 bits per heavy atom. The molecule has 0 saturated carbocycles. The third-order valence-electron chi connectivity index (χ3n) is 3.06. The largest absolute Gasteiger partial charge is 0.438 e. The highest BCUT2D eigenvalue weighted by molar-refractivity contribution is 5.46. The number of aliphatic hydroxyl groups is 1. The number of rotatable bonds is 3. The Balaban J connectivity index is 2.36. The van der Waals surface area contributed by atoms with Crippen LogP contribution in [0, 0.1) is 20.8 Å². The molecule has 0 spiro atoms. The summed E-state index contributed by atoms with van der Waals surface area (Å²) >= 11 is 0. The SMILES string of the molecule is Cc1ccc(C)c(Oc2cc(CO)ccn2)c1C. The Morgan fingerprint density at radius 3 is 2.56 bits per heavy atom. The van der Waals surface area contributed by atoms with Crippen LogP contribution in [0.2, 0.25) is 0 Å². The van der Waals surface area contributed by atoms with Crippen LogP contribution in [0.1, 0.15) is 22.3 Å². The van der Waals surface area contributed by atoms with E-state index in [1.54, 1.807) is 18.3 Å². The molecule has 0 amide bonds. The third kappa shape index (κ3) is 2.51. The Labute approximate surface area is 107 Å². The second-order valence-corrected chi connectivity index (χ2v) is 4.42. The van der Waals surface area contributed by atoms with Gasteiger partial charge in [0.25, 0.3) is 0 Å². The van der Waals surface area contributed by atoms with E-state index in [4.69, 9.17) is 9.84 Å². The number of hydrogen-bond donors (Lipinski definition) is 1. The van der Waals surface area contributed by atoms with Crippen molar-refractivity contribution in [2.45, 2.75) is 27.4 Å². The van der Waals surface area contributed by atoms with Crippen molar-refractivity contribution < 1.29 is 9.84 Å². The van der Waals surface area contributed by atoms with Gasteiger partial charge in [0.2, 0.25) is 5.88 Å². The Hall–Kier alpha value is -1.87. The van der Waals surface area contributed by atoms with Crippen LogP contribution in [-0.4, -0.2) is 10.1 Å². The zero-order valence-corrected chi connectivity index (χ0v) is 10.9. The standard InChI is InChI=1S/C15H17NO2/c1-10-4-5-11(2)15(12(10)3)18-14-8-13(9-17)6-7-16-14/h4-8,17H,9H2,1-3H3. The van der Waals surface area contributed by atoms with Crippen molar-refractivity contribution in [2.75, 3.05) is 0 Å². The van der Waals surface area contributed by atoms with Crippen molar-refractivity contribution in [3.63, 3.8) is 0 Å². The molecule has 2 rings (SSSR count). The zero-order chi connectivity index (χ0) is 13.1. The lowest BCUT2D eigenvalue weighted by Crippen LogP contribution is -1.96. The van der Waals surface area contributed by atoms with Gasteiger partial charge < -0.3 is 9.84 Å². The number of pyridine rings is 1. The summed E-state index contributed by atoms with van der Waals surface area (Å²) in [5.41, 5.74) is 4.18. The maximum atomic E-state index is 9.10. The summed E-state index contributed by atoms with van der Waals surface area (Å²) in [5, 5.41) is 9.10. The first kappa shape index (κ1) is 12.6. The Bertz CT molecular complexity index is 564. The molecule has 0 aliphatic heterocycles. The number of aryl methyl sites for hydroxylation is 2. The van der Waals surface area contributed by atoms with Gasteiger partial charge in [0.05, 0.1) is 6.61 Å². The van der Waals surface area contributed by atoms with E-state index in [-0.39, 0.29) is 6.61 Å². The second-order valence-electron chi connectivity index (χ2n) is 4.42. The monoisotopic (exact) mass is 243 g/mol. The molecule has 1 aromatic heterocycles. The Kier molecular flexibility index (Phi) is 3.63. The van der Waals surface area contributed by atoms with Crippen LogP contribution < -0.4 is 4.74 Å². The van der Waals surface area contributed by atoms with E-state index >= 15 is 0 Å². The summed E-state index contributed by atoms with van der Waals surface area (Å²) in [6, 6.07) is 7.63. The first-order valence-corrected chi connectivity index (χ1v) is 5.92. The van der Waals surface area contributed by atoms with Gasteiger partial charge in [-0.25, -0.2) is 4.98 Å². The lowest BCUT2D eigenvalue weighted by Gasteiger charge is -2.13. The van der Waals surface area contributed by atoms with E-state index in [9.17, 15) is 0 Å². The normalized spacial score (nSPS) is 10.4. The molecule has 0 aliphatic carbocycles. The highest BCUT2D eigenvalue weighted by Crippen LogP contribution is 2.29. The van der Waals surface area contributed by atoms with E-state index in [1.807, 2.05) is 19.9 Å². The van der Waals surface area contributed by atoms with Crippen LogP contribution in [-0.2, 0) is 6.61 Å². The second kappa shape index (κ2) is 5.19. The average Bonchev–Trinajstić information content (AvgIpc) is 2.39. The fourth-order valence-electron chi connectivity index (χ4n) is 1.79. The smallest absolute Gasteiger partial charge is 0.219 e. The highest BCUT2D eigenvalue weighted by Gasteiger charge is 2.08. The van der Waals surface area contributed by atoms with E-state index in [1.165, 1.54) is 5.56 Å². The summed E-state index contributed by atoms with van der Waals surface area (Å²) in [4.78, 5) is 4.16. The molecule has 0 unspecified atom stereocenters. The lowest BCUT2D eigenvalue weighted by molar-refractivity contribution is 0.281. The molecule has 0 bridgehead atoms. The molecular weight excluding hydrogens is 226 g/mol. The predicted octanol–water partition coefficient (Wildman–Crippen LogP) is 3.29. The molecule has 0 aliphatic rings. The summed E-state index contributed by atoms with van der Waals surface area (Å²) in [6.45, 7) is 6.09. The van der Waals surface area contributed by atoms with Gasteiger partial charge in [-0.1, -0.05) is 12.1 Å². The van der Waals surface area contributed by atoms with Gasteiger partial charge in [0.15, 0.2) is 0 Å². The fraction of sp³-hybridized carbons (Fsp3) is 0.267. The molecule has 0 atom stereocenters. The van der Waals surface area contributed by atoms with Crippen molar-refractivity contribution in [1.29, 1.82) is 0 Å². The minimum atomic E-state index is -0.00926. The van der Waals surface area contributed by atoms with Gasteiger partial charge in [0, 0.05) is 12.3 Å². The van der Waals surface area contributed by atoms with Crippen LogP contribution >= 0.6 is 0 Å². The lowest BCUT2D eigenvalue weighted by atomic mass is 10.1. The molecule has 3 nitrogen and oxygen atoms in total. The van der Waals surface area contributed by atoms with Gasteiger partial charge in [-0.05, 0) is 49.1 Å². The third-order valence-corrected chi connectivity index (χ3v) is 3.06. The van der Waals surface area contributed by atoms with Gasteiger partial charge in [-0.3, -0.25) is 0 Å². The molecular formula is C15H17NO2. The fourth-order valence-corrected chi connectivity index (χ4v) is 1.79. The maximum Gasteiger partial charge on any atom is 0.219 e. The summed E-state index contributed by atoms with van der Waals surface area (Å²) < 4.78 is 5.84. The first-order chi connectivity index (χ1) is 8.61. The van der Waals surface area contributed by atoms with Crippen LogP contribution in [0.4, 0.5) is 0 Å². The number of aromatic nitrogens is 1. The van der Waals surface area contributed by atoms with E-state index < -0.39 is 0 Å². The van der Waals surface area contributed by atoms with Crippen LogP contribution in [0.5, 0.6) is 11.6 Å². The zero-order valence-electron chi connectivity index (χ0n) is 10.9. The van der Waals surface area contributed by atoms with Gasteiger partial charge in [-0.15, -0.1) is 0 Å². The number of aliphatic hydroxyl groups excluding tert-OH is 1. The molecule has 3 heteroatoms. The van der Waals surface area contributed by atoms with Gasteiger partial charge in [0.1, 0.15) is 5.75 Å². The van der Waals surface area contributed by atoms with Crippen LogP contribution in [0.15, 0.2) is 30.5 Å². The molecule has 1 N–H and O–H groups in total. The Morgan fingerprint density at radius 2 is 1.83 bits per heavy atom. The molecule has 1 heterocycles. The van der Waals surface area contributed by atoms with E-state index in [0.717, 1.165) is 22.4 Å².